The number of alkyl carbamates (subject to hydrolysis) is 1. The maximum Gasteiger partial charge on any atom is 0.408 e. The number of nitrogens with one attached hydrogen (secondary N) is 1. The van der Waals surface area contributed by atoms with Crippen LogP contribution in [0.15, 0.2) is 72.9 Å². The largest absolute Gasteiger partial charge is 0.444 e. The molecule has 1 saturated carbocycles. The molecule has 7 heteroatoms. The molecule has 0 atom stereocenters. The fourth-order valence-electron chi connectivity index (χ4n) is 5.14. The summed E-state index contributed by atoms with van der Waals surface area (Å²) in [6.45, 7) is 7.61. The Bertz CT molecular complexity index is 1560. The highest BCUT2D eigenvalue weighted by atomic mass is 16.6. The van der Waals surface area contributed by atoms with Gasteiger partial charge < -0.3 is 15.8 Å². The number of nitrogens with two attached hydrogens (primary N) is 1. The lowest BCUT2D eigenvalue weighted by molar-refractivity contribution is -0.113. The molecule has 2 aromatic carbocycles. The summed E-state index contributed by atoms with van der Waals surface area (Å²) in [5, 5.41) is 3.13. The van der Waals surface area contributed by atoms with Gasteiger partial charge in [-0.1, -0.05) is 54.6 Å². The molecular weight excluding hydrogens is 488 g/mol. The minimum absolute atomic E-state index is 0.398. The molecule has 4 aromatic rings. The van der Waals surface area contributed by atoms with Gasteiger partial charge in [-0.15, -0.1) is 0 Å². The van der Waals surface area contributed by atoms with E-state index in [1.807, 2.05) is 52.0 Å². The Morgan fingerprint density at radius 2 is 1.74 bits per heavy atom. The summed E-state index contributed by atoms with van der Waals surface area (Å²) in [6, 6.07) is 20.4. The van der Waals surface area contributed by atoms with Gasteiger partial charge in [-0.25, -0.2) is 9.78 Å². The van der Waals surface area contributed by atoms with Gasteiger partial charge in [0.1, 0.15) is 11.2 Å². The molecule has 0 radical (unpaired) electrons. The Labute approximate surface area is 228 Å². The highest BCUT2D eigenvalue weighted by Crippen LogP contribution is 2.42. The van der Waals surface area contributed by atoms with Crippen molar-refractivity contribution in [2.45, 2.75) is 58.1 Å². The number of imidazole rings is 1. The molecule has 7 nitrogen and oxygen atoms in total. The number of amides is 2. The molecule has 5 rings (SSSR count). The van der Waals surface area contributed by atoms with Crippen molar-refractivity contribution in [2.24, 2.45) is 5.73 Å². The van der Waals surface area contributed by atoms with Gasteiger partial charge in [-0.05, 0) is 70.2 Å². The van der Waals surface area contributed by atoms with Crippen molar-refractivity contribution in [1.29, 1.82) is 0 Å². The van der Waals surface area contributed by atoms with Crippen molar-refractivity contribution in [1.82, 2.24) is 14.7 Å². The van der Waals surface area contributed by atoms with Crippen molar-refractivity contribution in [2.75, 3.05) is 0 Å². The molecule has 2 amide bonds. The number of hydrogen-bond acceptors (Lipinski definition) is 4. The number of carbonyl (C=O) groups is 2. The van der Waals surface area contributed by atoms with Crippen LogP contribution in [0.25, 0.3) is 34.2 Å². The van der Waals surface area contributed by atoms with Crippen LogP contribution in [-0.2, 0) is 15.1 Å². The predicted octanol–water partition coefficient (Wildman–Crippen LogP) is 6.38. The third-order valence-corrected chi connectivity index (χ3v) is 7.02. The number of primary amides is 1. The normalized spacial score (nSPS) is 14.8. The van der Waals surface area contributed by atoms with Gasteiger partial charge in [0.25, 0.3) is 0 Å². The molecule has 1 aliphatic carbocycles. The number of aromatic nitrogens is 2. The Balaban J connectivity index is 1.58. The van der Waals surface area contributed by atoms with Crippen LogP contribution in [0.5, 0.6) is 0 Å². The number of fused-ring (bicyclic) bond motifs is 1. The number of aryl methyl sites for hydroxylation is 1. The molecule has 200 valence electrons. The molecule has 0 unspecified atom stereocenters. The maximum atomic E-state index is 12.6. The molecule has 0 spiro atoms. The fraction of sp³-hybridized carbons (Fsp3) is 0.281. The molecule has 0 bridgehead atoms. The summed E-state index contributed by atoms with van der Waals surface area (Å²) in [7, 11) is 0. The highest BCUT2D eigenvalue weighted by Gasteiger charge is 2.41. The first-order valence-electron chi connectivity index (χ1n) is 13.2. The summed E-state index contributed by atoms with van der Waals surface area (Å²) >= 11 is 0. The zero-order valence-corrected chi connectivity index (χ0v) is 22.8. The third-order valence-electron chi connectivity index (χ3n) is 7.02. The molecular formula is C32H34N4O3. The molecule has 0 saturated heterocycles. The van der Waals surface area contributed by atoms with Gasteiger partial charge in [0.15, 0.2) is 0 Å². The number of nitrogens with zero attached hydrogens (tertiary/aromatic N) is 2. The lowest BCUT2D eigenvalue weighted by Crippen LogP contribution is -2.52. The molecule has 2 aromatic heterocycles. The standard InChI is InChI=1S/C32H34N4O3/c1-21-19-24(13-16-26(33)37)29-34-27(28(36(29)20-21)23-9-6-5-7-10-23)22-11-14-25(15-12-22)32(17-8-18-32)35-30(38)39-31(2,3)4/h5-7,9-16,19-20H,8,17-18H2,1-4H3,(H2,33,37)(H,35,38)/b16-13+. The summed E-state index contributed by atoms with van der Waals surface area (Å²) in [4.78, 5) is 29.1. The predicted molar refractivity (Wildman–Crippen MR) is 154 cm³/mol. The topological polar surface area (TPSA) is 98.7 Å². The quantitative estimate of drug-likeness (QED) is 0.287. The van der Waals surface area contributed by atoms with Gasteiger partial charge in [-0.2, -0.15) is 0 Å². The van der Waals surface area contributed by atoms with Gasteiger partial charge in [0.2, 0.25) is 5.91 Å². The van der Waals surface area contributed by atoms with Crippen LogP contribution in [-0.4, -0.2) is 27.0 Å². The van der Waals surface area contributed by atoms with E-state index in [1.165, 1.54) is 6.08 Å². The van der Waals surface area contributed by atoms with E-state index in [-0.39, 0.29) is 0 Å². The van der Waals surface area contributed by atoms with E-state index in [2.05, 4.69) is 52.3 Å². The Kier molecular flexibility index (Phi) is 6.76. The molecule has 0 aliphatic heterocycles. The molecule has 39 heavy (non-hydrogen) atoms. The van der Waals surface area contributed by atoms with E-state index in [0.717, 1.165) is 64.1 Å². The molecule has 2 heterocycles. The second-order valence-electron chi connectivity index (χ2n) is 11.2. The summed E-state index contributed by atoms with van der Waals surface area (Å²) in [6.07, 6.45) is 7.50. The number of benzene rings is 2. The monoisotopic (exact) mass is 522 g/mol. The number of pyridine rings is 1. The van der Waals surface area contributed by atoms with E-state index in [1.54, 1.807) is 6.08 Å². The second-order valence-corrected chi connectivity index (χ2v) is 11.2. The van der Waals surface area contributed by atoms with E-state index in [4.69, 9.17) is 15.5 Å². The van der Waals surface area contributed by atoms with E-state index in [9.17, 15) is 9.59 Å². The van der Waals surface area contributed by atoms with Crippen molar-refractivity contribution >= 4 is 23.7 Å². The van der Waals surface area contributed by atoms with Gasteiger partial charge in [0, 0.05) is 29.0 Å². The van der Waals surface area contributed by atoms with Crippen LogP contribution in [0, 0.1) is 6.92 Å². The summed E-state index contributed by atoms with van der Waals surface area (Å²) < 4.78 is 7.62. The Morgan fingerprint density at radius 3 is 2.33 bits per heavy atom. The van der Waals surface area contributed by atoms with Crippen molar-refractivity contribution in [3.05, 3.63) is 89.6 Å². The van der Waals surface area contributed by atoms with Crippen molar-refractivity contribution < 1.29 is 14.3 Å². The van der Waals surface area contributed by atoms with E-state index in [0.29, 0.717) is 0 Å². The Hall–Kier alpha value is -4.39. The third kappa shape index (κ3) is 5.43. The van der Waals surface area contributed by atoms with Gasteiger partial charge >= 0.3 is 6.09 Å². The number of carbonyl (C=O) groups excluding carboxylic acids is 2. The Morgan fingerprint density at radius 1 is 1.05 bits per heavy atom. The zero-order valence-electron chi connectivity index (χ0n) is 22.8. The van der Waals surface area contributed by atoms with Crippen LogP contribution in [0.3, 0.4) is 0 Å². The fourth-order valence-corrected chi connectivity index (χ4v) is 5.14. The van der Waals surface area contributed by atoms with Crippen LogP contribution in [0.2, 0.25) is 0 Å². The van der Waals surface area contributed by atoms with Crippen LogP contribution in [0.4, 0.5) is 4.79 Å². The first kappa shape index (κ1) is 26.2. The zero-order chi connectivity index (χ0) is 27.8. The average Bonchev–Trinajstić information content (AvgIpc) is 3.23. The van der Waals surface area contributed by atoms with Crippen molar-refractivity contribution in [3.63, 3.8) is 0 Å². The molecule has 3 N–H and O–H groups in total. The summed E-state index contributed by atoms with van der Waals surface area (Å²) in [5.41, 5.74) is 11.8. The maximum absolute atomic E-state index is 12.6. The van der Waals surface area contributed by atoms with E-state index < -0.39 is 23.1 Å². The number of rotatable bonds is 6. The first-order valence-corrected chi connectivity index (χ1v) is 13.2. The van der Waals surface area contributed by atoms with Crippen LogP contribution in [0.1, 0.15) is 56.7 Å². The van der Waals surface area contributed by atoms with Crippen LogP contribution >= 0.6 is 0 Å². The van der Waals surface area contributed by atoms with Crippen LogP contribution < -0.4 is 11.1 Å². The SMILES string of the molecule is Cc1cc(/C=C/C(N)=O)c2nc(-c3ccc(C4(NC(=O)OC(C)(C)C)CCC4)cc3)c(-c3ccccc3)n2c1. The second kappa shape index (κ2) is 10.1. The molecule has 1 fully saturated rings. The minimum Gasteiger partial charge on any atom is -0.444 e. The minimum atomic E-state index is -0.556. The first-order chi connectivity index (χ1) is 18.5. The lowest BCUT2D eigenvalue weighted by atomic mass is 9.71. The smallest absolute Gasteiger partial charge is 0.408 e. The lowest BCUT2D eigenvalue weighted by Gasteiger charge is -2.43. The van der Waals surface area contributed by atoms with Gasteiger partial charge in [0.05, 0.1) is 16.9 Å². The number of hydrogen-bond donors (Lipinski definition) is 2. The highest BCUT2D eigenvalue weighted by molar-refractivity contribution is 5.92. The number of ether oxygens (including phenoxy) is 1. The summed E-state index contributed by atoms with van der Waals surface area (Å²) in [5.74, 6) is -0.509. The molecule has 1 aliphatic rings. The van der Waals surface area contributed by atoms with Gasteiger partial charge in [-0.3, -0.25) is 9.20 Å². The van der Waals surface area contributed by atoms with Crippen molar-refractivity contribution in [3.8, 4) is 22.5 Å². The average molecular weight is 523 g/mol. The van der Waals surface area contributed by atoms with E-state index >= 15 is 0 Å².